The third-order valence-electron chi connectivity index (χ3n) is 4.27. The first-order chi connectivity index (χ1) is 11.5. The number of hydrogen-bond donors (Lipinski definition) is 2. The largest absolute Gasteiger partial charge is 0.477 e. The molecule has 2 unspecified atom stereocenters. The van der Waals surface area contributed by atoms with Crippen molar-refractivity contribution in [3.05, 3.63) is 47.1 Å². The minimum atomic E-state index is -0.931. The highest BCUT2D eigenvalue weighted by Gasteiger charge is 2.44. The molecule has 2 N–H and O–H groups in total. The van der Waals surface area contributed by atoms with Crippen LogP contribution in [0.3, 0.4) is 0 Å². The van der Waals surface area contributed by atoms with Crippen LogP contribution >= 0.6 is 11.3 Å². The number of carbonyl (C=O) groups excluding carboxylic acids is 1. The Morgan fingerprint density at radius 1 is 1.38 bits per heavy atom. The molecule has 2 aromatic heterocycles. The zero-order chi connectivity index (χ0) is 16.8. The van der Waals surface area contributed by atoms with Gasteiger partial charge in [-0.15, -0.1) is 11.3 Å². The van der Waals surface area contributed by atoms with Crippen molar-refractivity contribution in [3.63, 3.8) is 0 Å². The van der Waals surface area contributed by atoms with Crippen LogP contribution < -0.4 is 5.32 Å². The number of carboxylic acids is 1. The lowest BCUT2D eigenvalue weighted by Gasteiger charge is -2.04. The van der Waals surface area contributed by atoms with E-state index in [0.29, 0.717) is 10.6 Å². The van der Waals surface area contributed by atoms with Crippen LogP contribution in [0, 0.1) is 5.92 Å². The van der Waals surface area contributed by atoms with E-state index < -0.39 is 5.97 Å². The summed E-state index contributed by atoms with van der Waals surface area (Å²) in [7, 11) is 1.86. The van der Waals surface area contributed by atoms with Crippen LogP contribution in [0.1, 0.15) is 27.6 Å². The van der Waals surface area contributed by atoms with Crippen molar-refractivity contribution in [1.82, 2.24) is 9.78 Å². The van der Waals surface area contributed by atoms with Crippen LogP contribution in [-0.4, -0.2) is 26.8 Å². The summed E-state index contributed by atoms with van der Waals surface area (Å²) in [5.41, 5.74) is 1.79. The molecule has 2 atom stereocenters. The number of fused-ring (bicyclic) bond motifs is 1. The first-order valence-corrected chi connectivity index (χ1v) is 8.39. The quantitative estimate of drug-likeness (QED) is 0.764. The van der Waals surface area contributed by atoms with Crippen LogP contribution in [0.5, 0.6) is 0 Å². The van der Waals surface area contributed by atoms with E-state index in [2.05, 4.69) is 10.4 Å². The standard InChI is InChI=1S/C17H15N3O3S/c1-20-8-10(7-18-20)12-6-13(12)16(21)19-11-2-3-14-9(4-11)5-15(24-14)17(22)23/h2-5,7-8,12-13H,6H2,1H3,(H,19,21)(H,22,23). The number of rotatable bonds is 4. The predicted octanol–water partition coefficient (Wildman–Crippen LogP) is 3.08. The second kappa shape index (κ2) is 5.45. The second-order valence-corrected chi connectivity index (χ2v) is 7.14. The molecule has 6 nitrogen and oxygen atoms in total. The highest BCUT2D eigenvalue weighted by atomic mass is 32.1. The lowest BCUT2D eigenvalue weighted by Crippen LogP contribution is -2.14. The van der Waals surface area contributed by atoms with Crippen molar-refractivity contribution < 1.29 is 14.7 Å². The molecule has 24 heavy (non-hydrogen) atoms. The van der Waals surface area contributed by atoms with E-state index in [9.17, 15) is 9.59 Å². The van der Waals surface area contributed by atoms with Crippen LogP contribution in [-0.2, 0) is 11.8 Å². The van der Waals surface area contributed by atoms with E-state index in [1.165, 1.54) is 11.3 Å². The minimum absolute atomic E-state index is 0.00288. The molecule has 2 heterocycles. The summed E-state index contributed by atoms with van der Waals surface area (Å²) >= 11 is 1.23. The Morgan fingerprint density at radius 3 is 2.92 bits per heavy atom. The van der Waals surface area contributed by atoms with E-state index in [-0.39, 0.29) is 17.7 Å². The molecular formula is C17H15N3O3S. The Bertz CT molecular complexity index is 959. The topological polar surface area (TPSA) is 84.2 Å². The maximum Gasteiger partial charge on any atom is 0.345 e. The molecule has 0 saturated heterocycles. The van der Waals surface area contributed by atoms with Gasteiger partial charge in [-0.1, -0.05) is 0 Å². The van der Waals surface area contributed by atoms with Gasteiger partial charge < -0.3 is 10.4 Å². The van der Waals surface area contributed by atoms with Crippen LogP contribution in [0.2, 0.25) is 0 Å². The number of carboxylic acid groups (broad SMARTS) is 1. The molecule has 0 aliphatic heterocycles. The molecule has 1 aromatic carbocycles. The fraction of sp³-hybridized carbons (Fsp3) is 0.235. The molecule has 0 spiro atoms. The monoisotopic (exact) mass is 341 g/mol. The molecule has 7 heteroatoms. The smallest absolute Gasteiger partial charge is 0.345 e. The Hall–Kier alpha value is -2.67. The van der Waals surface area contributed by atoms with Crippen molar-refractivity contribution in [2.75, 3.05) is 5.32 Å². The lowest BCUT2D eigenvalue weighted by atomic mass is 10.2. The average molecular weight is 341 g/mol. The molecule has 4 rings (SSSR count). The molecule has 1 aliphatic rings. The Kier molecular flexibility index (Phi) is 3.38. The van der Waals surface area contributed by atoms with E-state index in [1.54, 1.807) is 10.7 Å². The van der Waals surface area contributed by atoms with Gasteiger partial charge in [0.1, 0.15) is 4.88 Å². The molecule has 0 radical (unpaired) electrons. The fourth-order valence-electron chi connectivity index (χ4n) is 2.95. The highest BCUT2D eigenvalue weighted by molar-refractivity contribution is 7.20. The van der Waals surface area contributed by atoms with Gasteiger partial charge in [-0.05, 0) is 47.6 Å². The van der Waals surface area contributed by atoms with Gasteiger partial charge in [-0.2, -0.15) is 5.10 Å². The molecule has 1 fully saturated rings. The summed E-state index contributed by atoms with van der Waals surface area (Å²) in [6, 6.07) is 7.10. The van der Waals surface area contributed by atoms with Gasteiger partial charge in [0, 0.05) is 29.5 Å². The summed E-state index contributed by atoms with van der Waals surface area (Å²) in [6.45, 7) is 0. The van der Waals surface area contributed by atoms with Crippen molar-refractivity contribution in [2.24, 2.45) is 13.0 Å². The lowest BCUT2D eigenvalue weighted by molar-refractivity contribution is -0.117. The molecule has 1 amide bonds. The fourth-order valence-corrected chi connectivity index (χ4v) is 3.83. The summed E-state index contributed by atoms with van der Waals surface area (Å²) in [4.78, 5) is 23.7. The number of amides is 1. The van der Waals surface area contributed by atoms with Gasteiger partial charge in [-0.25, -0.2) is 4.79 Å². The third-order valence-corrected chi connectivity index (χ3v) is 5.38. The summed E-state index contributed by atoms with van der Waals surface area (Å²) in [5, 5.41) is 17.0. The van der Waals surface area contributed by atoms with Gasteiger partial charge in [0.2, 0.25) is 5.91 Å². The highest BCUT2D eigenvalue weighted by Crippen LogP contribution is 2.47. The molecule has 122 valence electrons. The zero-order valence-electron chi connectivity index (χ0n) is 12.9. The molecular weight excluding hydrogens is 326 g/mol. The van der Waals surface area contributed by atoms with Crippen molar-refractivity contribution in [3.8, 4) is 0 Å². The van der Waals surface area contributed by atoms with Crippen LogP contribution in [0.4, 0.5) is 5.69 Å². The summed E-state index contributed by atoms with van der Waals surface area (Å²) in [6.07, 6.45) is 4.59. The summed E-state index contributed by atoms with van der Waals surface area (Å²) in [5.74, 6) is -0.722. The van der Waals surface area contributed by atoms with Crippen molar-refractivity contribution in [2.45, 2.75) is 12.3 Å². The van der Waals surface area contributed by atoms with E-state index in [4.69, 9.17) is 5.11 Å². The first-order valence-electron chi connectivity index (χ1n) is 7.57. The van der Waals surface area contributed by atoms with E-state index in [0.717, 1.165) is 22.1 Å². The number of anilines is 1. The third kappa shape index (κ3) is 2.67. The van der Waals surface area contributed by atoms with Crippen molar-refractivity contribution in [1.29, 1.82) is 0 Å². The van der Waals surface area contributed by atoms with Gasteiger partial charge >= 0.3 is 5.97 Å². The normalized spacial score (nSPS) is 19.4. The first kappa shape index (κ1) is 14.9. The molecule has 1 saturated carbocycles. The van der Waals surface area contributed by atoms with E-state index >= 15 is 0 Å². The van der Waals surface area contributed by atoms with Crippen molar-refractivity contribution >= 4 is 39.0 Å². The number of hydrogen-bond acceptors (Lipinski definition) is 4. The number of carbonyl (C=O) groups is 2. The minimum Gasteiger partial charge on any atom is -0.477 e. The number of nitrogens with one attached hydrogen (secondary N) is 1. The molecule has 3 aromatic rings. The maximum absolute atomic E-state index is 12.4. The zero-order valence-corrected chi connectivity index (χ0v) is 13.7. The predicted molar refractivity (Wildman–Crippen MR) is 91.5 cm³/mol. The van der Waals surface area contributed by atoms with Gasteiger partial charge in [-0.3, -0.25) is 9.48 Å². The van der Waals surface area contributed by atoms with E-state index in [1.807, 2.05) is 37.6 Å². The van der Waals surface area contributed by atoms with Gasteiger partial charge in [0.05, 0.1) is 6.20 Å². The van der Waals surface area contributed by atoms with Gasteiger partial charge in [0.15, 0.2) is 0 Å². The number of nitrogens with zero attached hydrogens (tertiary/aromatic N) is 2. The SMILES string of the molecule is Cn1cc(C2CC2C(=O)Nc2ccc3sc(C(=O)O)cc3c2)cn1. The number of thiophene rings is 1. The number of benzene rings is 1. The maximum atomic E-state index is 12.4. The second-order valence-electron chi connectivity index (χ2n) is 6.05. The molecule has 1 aliphatic carbocycles. The molecule has 0 bridgehead atoms. The van der Waals surface area contributed by atoms with Crippen LogP contribution in [0.15, 0.2) is 36.7 Å². The number of aromatic carboxylic acids is 1. The Morgan fingerprint density at radius 2 is 2.21 bits per heavy atom. The number of aryl methyl sites for hydroxylation is 1. The van der Waals surface area contributed by atoms with Gasteiger partial charge in [0.25, 0.3) is 0 Å². The average Bonchev–Trinajstić information content (AvgIpc) is 3.04. The summed E-state index contributed by atoms with van der Waals surface area (Å²) < 4.78 is 2.64. The Balaban J connectivity index is 1.48. The number of aromatic nitrogens is 2. The van der Waals surface area contributed by atoms with Crippen LogP contribution in [0.25, 0.3) is 10.1 Å². The Labute approximate surface area is 141 Å².